The summed E-state index contributed by atoms with van der Waals surface area (Å²) >= 11 is 0. The third kappa shape index (κ3) is 4.09. The monoisotopic (exact) mass is 346 g/mol. The summed E-state index contributed by atoms with van der Waals surface area (Å²) in [4.78, 5) is 6.47. The first-order chi connectivity index (χ1) is 12.5. The third-order valence-corrected chi connectivity index (χ3v) is 4.26. The minimum atomic E-state index is 0.0350. The SMILES string of the molecule is CC1C=c2cnc(/C=C/C=C/C=C/c3ccc(N(C)C)cc3)c[n+]2=C1O. The van der Waals surface area contributed by atoms with Crippen LogP contribution in [-0.4, -0.2) is 24.2 Å². The smallest absolute Gasteiger partial charge is 0.352 e. The molecule has 0 amide bonds. The number of fused-ring (bicyclic) bond motifs is 1. The number of benzene rings is 1. The number of hydrogen-bond donors (Lipinski definition) is 1. The molecule has 0 saturated heterocycles. The fourth-order valence-electron chi connectivity index (χ4n) is 2.73. The van der Waals surface area contributed by atoms with Crippen molar-refractivity contribution in [3.8, 4) is 0 Å². The van der Waals surface area contributed by atoms with Gasteiger partial charge in [-0.3, -0.25) is 0 Å². The van der Waals surface area contributed by atoms with Gasteiger partial charge in [-0.2, -0.15) is 0 Å². The molecule has 1 aliphatic heterocycles. The predicted octanol–water partition coefficient (Wildman–Crippen LogP) is 3.04. The molecule has 26 heavy (non-hydrogen) atoms. The first-order valence-electron chi connectivity index (χ1n) is 8.66. The Hall–Kier alpha value is -3.14. The van der Waals surface area contributed by atoms with Crippen molar-refractivity contribution in [1.29, 1.82) is 0 Å². The summed E-state index contributed by atoms with van der Waals surface area (Å²) in [6, 6.07) is 8.40. The van der Waals surface area contributed by atoms with Gasteiger partial charge in [0.05, 0.1) is 6.20 Å². The molecule has 0 fully saturated rings. The maximum Gasteiger partial charge on any atom is 0.352 e. The second-order valence-corrected chi connectivity index (χ2v) is 6.51. The van der Waals surface area contributed by atoms with Gasteiger partial charge < -0.3 is 10.0 Å². The van der Waals surface area contributed by atoms with Gasteiger partial charge in [-0.1, -0.05) is 42.5 Å². The highest BCUT2D eigenvalue weighted by molar-refractivity contribution is 5.56. The summed E-state index contributed by atoms with van der Waals surface area (Å²) in [7, 11) is 4.07. The molecule has 0 aliphatic carbocycles. The van der Waals surface area contributed by atoms with Crippen LogP contribution in [0.15, 0.2) is 61.0 Å². The number of aliphatic hydroxyl groups excluding tert-OH is 1. The summed E-state index contributed by atoms with van der Waals surface area (Å²) in [6.45, 7) is 1.96. The summed E-state index contributed by atoms with van der Waals surface area (Å²) < 4.78 is 1.78. The van der Waals surface area contributed by atoms with Crippen molar-refractivity contribution < 1.29 is 9.35 Å². The summed E-state index contributed by atoms with van der Waals surface area (Å²) in [6.07, 6.45) is 17.5. The van der Waals surface area contributed by atoms with Crippen LogP contribution < -0.4 is 14.5 Å². The minimum Gasteiger partial charge on any atom is -0.462 e. The summed E-state index contributed by atoms with van der Waals surface area (Å²) in [5, 5.41) is 11.0. The van der Waals surface area contributed by atoms with E-state index in [0.717, 1.165) is 16.6 Å². The van der Waals surface area contributed by atoms with Gasteiger partial charge in [0.15, 0.2) is 0 Å². The van der Waals surface area contributed by atoms with Gasteiger partial charge in [0.1, 0.15) is 11.6 Å². The molecule has 1 aliphatic rings. The lowest BCUT2D eigenvalue weighted by Gasteiger charge is -2.11. The van der Waals surface area contributed by atoms with E-state index in [-0.39, 0.29) is 5.92 Å². The number of allylic oxidation sites excluding steroid dienone is 4. The van der Waals surface area contributed by atoms with E-state index in [1.165, 1.54) is 5.69 Å². The van der Waals surface area contributed by atoms with Crippen LogP contribution in [0.1, 0.15) is 18.2 Å². The molecule has 2 aromatic rings. The third-order valence-electron chi connectivity index (χ3n) is 4.26. The number of nitrogens with zero attached hydrogens (tertiary/aromatic N) is 3. The van der Waals surface area contributed by atoms with E-state index >= 15 is 0 Å². The summed E-state index contributed by atoms with van der Waals surface area (Å²) in [5.41, 5.74) is 3.16. The second kappa shape index (κ2) is 7.83. The molecule has 132 valence electrons. The van der Waals surface area contributed by atoms with Crippen molar-refractivity contribution in [3.05, 3.63) is 83.5 Å². The number of rotatable bonds is 5. The molecular formula is C22H24N3O+. The van der Waals surface area contributed by atoms with Gasteiger partial charge in [0, 0.05) is 25.9 Å². The molecule has 1 N–H and O–H groups in total. The van der Waals surface area contributed by atoms with Gasteiger partial charge in [-0.15, -0.1) is 4.24 Å². The van der Waals surface area contributed by atoms with Gasteiger partial charge >= 0.3 is 5.90 Å². The van der Waals surface area contributed by atoms with E-state index in [2.05, 4.69) is 40.2 Å². The van der Waals surface area contributed by atoms with Gasteiger partial charge in [0.2, 0.25) is 11.5 Å². The van der Waals surface area contributed by atoms with Crippen LogP contribution in [0.3, 0.4) is 0 Å². The molecule has 0 spiro atoms. The van der Waals surface area contributed by atoms with E-state index in [1.807, 2.05) is 63.7 Å². The van der Waals surface area contributed by atoms with Crippen LogP contribution in [0.25, 0.3) is 18.2 Å². The average molecular weight is 346 g/mol. The Bertz CT molecular complexity index is 983. The van der Waals surface area contributed by atoms with Crippen molar-refractivity contribution in [2.75, 3.05) is 19.0 Å². The molecule has 4 heteroatoms. The Balaban J connectivity index is 1.62. The van der Waals surface area contributed by atoms with Crippen LogP contribution in [-0.2, 0) is 0 Å². The van der Waals surface area contributed by atoms with Gasteiger partial charge in [-0.05, 0) is 30.7 Å². The van der Waals surface area contributed by atoms with Crippen LogP contribution in [0.2, 0.25) is 0 Å². The van der Waals surface area contributed by atoms with Crippen molar-refractivity contribution in [1.82, 2.24) is 4.98 Å². The maximum atomic E-state index is 10.0. The molecule has 1 aromatic heterocycles. The Morgan fingerprint density at radius 2 is 1.73 bits per heavy atom. The molecule has 0 bridgehead atoms. The van der Waals surface area contributed by atoms with Crippen molar-refractivity contribution in [3.63, 3.8) is 0 Å². The van der Waals surface area contributed by atoms with E-state index in [4.69, 9.17) is 0 Å². The zero-order chi connectivity index (χ0) is 18.5. The van der Waals surface area contributed by atoms with Crippen molar-refractivity contribution >= 4 is 23.9 Å². The van der Waals surface area contributed by atoms with Crippen molar-refractivity contribution in [2.45, 2.75) is 6.92 Å². The van der Waals surface area contributed by atoms with Crippen LogP contribution in [0.5, 0.6) is 0 Å². The molecule has 1 atom stereocenters. The normalized spacial score (nSPS) is 16.6. The maximum absolute atomic E-state index is 10.0. The predicted molar refractivity (Wildman–Crippen MR) is 107 cm³/mol. The minimum absolute atomic E-state index is 0.0350. The standard InChI is InChI=1S/C22H23N3O/c1-17-14-21-15-23-19(16-25(21)22(17)26)9-7-5-4-6-8-18-10-12-20(13-11-18)24(2)3/h4-17H,1-3H3/p+1/b5-4+,8-6+,9-7+. The largest absolute Gasteiger partial charge is 0.462 e. The van der Waals surface area contributed by atoms with Gasteiger partial charge in [-0.25, -0.2) is 4.98 Å². The highest BCUT2D eigenvalue weighted by atomic mass is 16.3. The number of hydrogen-bond acceptors (Lipinski definition) is 3. The Labute approximate surface area is 154 Å². The lowest BCUT2D eigenvalue weighted by Crippen LogP contribution is -2.37. The highest BCUT2D eigenvalue weighted by Gasteiger charge is 2.22. The topological polar surface area (TPSA) is 42.3 Å². The van der Waals surface area contributed by atoms with E-state index in [1.54, 1.807) is 10.4 Å². The Morgan fingerprint density at radius 1 is 1.04 bits per heavy atom. The Morgan fingerprint density at radius 3 is 2.42 bits per heavy atom. The van der Waals surface area contributed by atoms with E-state index in [9.17, 15) is 5.11 Å². The van der Waals surface area contributed by atoms with Gasteiger partial charge in [0.25, 0.3) is 0 Å². The first kappa shape index (κ1) is 17.7. The Kier molecular flexibility index (Phi) is 5.32. The molecule has 0 radical (unpaired) electrons. The fourth-order valence-corrected chi connectivity index (χ4v) is 2.73. The van der Waals surface area contributed by atoms with E-state index < -0.39 is 0 Å². The van der Waals surface area contributed by atoms with Crippen LogP contribution in [0.4, 0.5) is 5.69 Å². The number of anilines is 1. The molecule has 0 saturated carbocycles. The van der Waals surface area contributed by atoms with E-state index in [0.29, 0.717) is 5.90 Å². The first-order valence-corrected chi connectivity index (χ1v) is 8.66. The number of aromatic nitrogens is 2. The van der Waals surface area contributed by atoms with Crippen LogP contribution >= 0.6 is 0 Å². The quantitative estimate of drug-likeness (QED) is 0.668. The fraction of sp³-hybridized carbons (Fsp3) is 0.182. The molecule has 1 unspecified atom stereocenters. The molecule has 1 aromatic carbocycles. The zero-order valence-corrected chi connectivity index (χ0v) is 15.4. The lowest BCUT2D eigenvalue weighted by molar-refractivity contribution is -0.556. The zero-order valence-electron chi connectivity index (χ0n) is 15.4. The molecule has 2 heterocycles. The number of aliphatic hydroxyl groups is 1. The molecule has 4 nitrogen and oxygen atoms in total. The molecule has 3 rings (SSSR count). The second-order valence-electron chi connectivity index (χ2n) is 6.51. The van der Waals surface area contributed by atoms with Crippen molar-refractivity contribution in [2.24, 2.45) is 5.92 Å². The average Bonchev–Trinajstić information content (AvgIpc) is 2.92. The summed E-state index contributed by atoms with van der Waals surface area (Å²) in [5.74, 6) is 0.378. The lowest BCUT2D eigenvalue weighted by atomic mass is 10.2. The van der Waals surface area contributed by atoms with Crippen LogP contribution in [0, 0.1) is 11.8 Å². The highest BCUT2D eigenvalue weighted by Crippen LogP contribution is 2.13. The molecular weight excluding hydrogens is 322 g/mol.